The second-order valence-electron chi connectivity index (χ2n) is 9.14. The number of aryl methyl sites for hydroxylation is 1. The third-order valence-corrected chi connectivity index (χ3v) is 5.49. The van der Waals surface area contributed by atoms with Gasteiger partial charge < -0.3 is 18.9 Å². The van der Waals surface area contributed by atoms with Crippen molar-refractivity contribution < 1.29 is 38.1 Å². The van der Waals surface area contributed by atoms with E-state index in [9.17, 15) is 19.2 Å². The number of rotatable bonds is 10. The molecule has 0 aromatic heterocycles. The van der Waals surface area contributed by atoms with Gasteiger partial charge in [0, 0.05) is 28.9 Å². The first-order valence-corrected chi connectivity index (χ1v) is 12.0. The Balaban J connectivity index is 2.06. The topological polar surface area (TPSA) is 105 Å². The fourth-order valence-corrected chi connectivity index (χ4v) is 3.52. The van der Waals surface area contributed by atoms with E-state index in [4.69, 9.17) is 18.9 Å². The Labute approximate surface area is 232 Å². The quantitative estimate of drug-likeness (QED) is 0.128. The van der Waals surface area contributed by atoms with Gasteiger partial charge in [-0.2, -0.15) is 0 Å². The molecule has 0 atom stereocenters. The fourth-order valence-electron chi connectivity index (χ4n) is 3.52. The maximum atomic E-state index is 12.2. The summed E-state index contributed by atoms with van der Waals surface area (Å²) >= 11 is 0. The lowest BCUT2D eigenvalue weighted by Gasteiger charge is -2.14. The molecule has 0 saturated carbocycles. The standard InChI is InChI=1S/C32H28O8/c1-18(2)30(34)38-26-11-23(12-27(16-26)39-31(35)19(3)4)22-8-9-29(21(7)10-22)24-13-25(37-17-33)15-28(14-24)40-32(36)20(5)6/h8-17H,1,3,5H2,2,4,6-7H3. The summed E-state index contributed by atoms with van der Waals surface area (Å²) in [5.41, 5.74) is 4.20. The highest BCUT2D eigenvalue weighted by Crippen LogP contribution is 2.36. The predicted octanol–water partition coefficient (Wildman–Crippen LogP) is 6.31. The Morgan fingerprint density at radius 1 is 0.600 bits per heavy atom. The molecular formula is C32H28O8. The molecule has 0 bridgehead atoms. The van der Waals surface area contributed by atoms with Gasteiger partial charge in [-0.3, -0.25) is 4.79 Å². The summed E-state index contributed by atoms with van der Waals surface area (Å²) in [4.78, 5) is 47.3. The highest BCUT2D eigenvalue weighted by Gasteiger charge is 2.15. The molecule has 8 nitrogen and oxygen atoms in total. The van der Waals surface area contributed by atoms with Crippen molar-refractivity contribution in [3.05, 3.63) is 96.6 Å². The maximum Gasteiger partial charge on any atom is 0.338 e. The third kappa shape index (κ3) is 7.41. The van der Waals surface area contributed by atoms with E-state index in [2.05, 4.69) is 19.7 Å². The molecular weight excluding hydrogens is 512 g/mol. The molecule has 0 unspecified atom stereocenters. The van der Waals surface area contributed by atoms with E-state index in [1.54, 1.807) is 24.3 Å². The first kappa shape index (κ1) is 29.3. The van der Waals surface area contributed by atoms with E-state index in [1.807, 2.05) is 25.1 Å². The molecule has 3 aromatic rings. The van der Waals surface area contributed by atoms with Crippen LogP contribution in [0.4, 0.5) is 0 Å². The van der Waals surface area contributed by atoms with E-state index in [0.29, 0.717) is 11.1 Å². The number of esters is 3. The lowest BCUT2D eigenvalue weighted by molar-refractivity contribution is -0.131. The number of carbonyl (C=O) groups excluding carboxylic acids is 4. The molecule has 0 aliphatic carbocycles. The van der Waals surface area contributed by atoms with E-state index in [-0.39, 0.29) is 46.2 Å². The molecule has 0 amide bonds. The Hall–Kier alpha value is -5.24. The average molecular weight is 541 g/mol. The lowest BCUT2D eigenvalue weighted by Crippen LogP contribution is -2.10. The number of benzene rings is 3. The van der Waals surface area contributed by atoms with Crippen molar-refractivity contribution in [3.63, 3.8) is 0 Å². The molecule has 0 aliphatic rings. The predicted molar refractivity (Wildman–Crippen MR) is 150 cm³/mol. The van der Waals surface area contributed by atoms with Crippen molar-refractivity contribution in [1.82, 2.24) is 0 Å². The van der Waals surface area contributed by atoms with Crippen molar-refractivity contribution >= 4 is 24.4 Å². The average Bonchev–Trinajstić information content (AvgIpc) is 2.88. The van der Waals surface area contributed by atoms with Crippen molar-refractivity contribution in [1.29, 1.82) is 0 Å². The zero-order chi connectivity index (χ0) is 29.6. The summed E-state index contributed by atoms with van der Waals surface area (Å²) in [6.45, 7) is 17.5. The SMILES string of the molecule is C=C(C)C(=O)Oc1cc(OC(=O)C(=C)C)cc(-c2ccc(-c3cc(OC=O)cc(OC(=O)C(=C)C)c3)c(C)c2)c1. The van der Waals surface area contributed by atoms with Gasteiger partial charge in [0.05, 0.1) is 0 Å². The van der Waals surface area contributed by atoms with Gasteiger partial charge in [-0.05, 0) is 79.8 Å². The van der Waals surface area contributed by atoms with E-state index in [0.717, 1.165) is 16.7 Å². The summed E-state index contributed by atoms with van der Waals surface area (Å²) in [7, 11) is 0. The summed E-state index contributed by atoms with van der Waals surface area (Å²) in [5, 5.41) is 0. The second kappa shape index (κ2) is 12.5. The maximum absolute atomic E-state index is 12.2. The largest absolute Gasteiger partial charge is 0.429 e. The molecule has 0 saturated heterocycles. The van der Waals surface area contributed by atoms with Gasteiger partial charge in [0.2, 0.25) is 0 Å². The first-order valence-electron chi connectivity index (χ1n) is 12.0. The van der Waals surface area contributed by atoms with E-state index in [1.165, 1.54) is 32.9 Å². The smallest absolute Gasteiger partial charge is 0.338 e. The molecule has 0 fully saturated rings. The number of hydrogen-bond donors (Lipinski definition) is 0. The number of carbonyl (C=O) groups is 4. The van der Waals surface area contributed by atoms with Crippen LogP contribution in [0.2, 0.25) is 0 Å². The summed E-state index contributed by atoms with van der Waals surface area (Å²) in [6.07, 6.45) is 0. The monoisotopic (exact) mass is 540 g/mol. The fraction of sp³-hybridized carbons (Fsp3) is 0.125. The summed E-state index contributed by atoms with van der Waals surface area (Å²) in [5.74, 6) is -1.16. The van der Waals surface area contributed by atoms with E-state index < -0.39 is 17.9 Å². The van der Waals surface area contributed by atoms with Crippen LogP contribution in [-0.2, 0) is 19.2 Å². The molecule has 8 heteroatoms. The number of hydrogen-bond acceptors (Lipinski definition) is 8. The highest BCUT2D eigenvalue weighted by atomic mass is 16.6. The molecule has 3 rings (SSSR count). The zero-order valence-corrected chi connectivity index (χ0v) is 22.7. The Morgan fingerprint density at radius 2 is 1.02 bits per heavy atom. The van der Waals surface area contributed by atoms with Gasteiger partial charge in [-0.1, -0.05) is 37.9 Å². The highest BCUT2D eigenvalue weighted by molar-refractivity contribution is 5.91. The minimum absolute atomic E-state index is 0.166. The van der Waals surface area contributed by atoms with Crippen LogP contribution >= 0.6 is 0 Å². The van der Waals surface area contributed by atoms with Gasteiger partial charge >= 0.3 is 17.9 Å². The van der Waals surface area contributed by atoms with Crippen LogP contribution in [0.15, 0.2) is 91.1 Å². The minimum atomic E-state index is -0.624. The van der Waals surface area contributed by atoms with Crippen LogP contribution in [0.5, 0.6) is 23.0 Å². The molecule has 0 spiro atoms. The van der Waals surface area contributed by atoms with Gasteiger partial charge in [0.1, 0.15) is 23.0 Å². The zero-order valence-electron chi connectivity index (χ0n) is 22.7. The Bertz CT molecular complexity index is 1510. The van der Waals surface area contributed by atoms with Crippen LogP contribution in [0.1, 0.15) is 26.3 Å². The van der Waals surface area contributed by atoms with Crippen LogP contribution < -0.4 is 18.9 Å². The van der Waals surface area contributed by atoms with Crippen molar-refractivity contribution in [3.8, 4) is 45.3 Å². The van der Waals surface area contributed by atoms with Gasteiger partial charge in [0.25, 0.3) is 6.47 Å². The second-order valence-corrected chi connectivity index (χ2v) is 9.14. The molecule has 3 aromatic carbocycles. The van der Waals surface area contributed by atoms with Crippen LogP contribution in [0.25, 0.3) is 22.3 Å². The summed E-state index contributed by atoms with van der Waals surface area (Å²) < 4.78 is 21.2. The van der Waals surface area contributed by atoms with Crippen molar-refractivity contribution in [2.24, 2.45) is 0 Å². The molecule has 40 heavy (non-hydrogen) atoms. The van der Waals surface area contributed by atoms with Gasteiger partial charge in [-0.15, -0.1) is 0 Å². The van der Waals surface area contributed by atoms with E-state index >= 15 is 0 Å². The van der Waals surface area contributed by atoms with Crippen molar-refractivity contribution in [2.75, 3.05) is 0 Å². The Kier molecular flexibility index (Phi) is 9.19. The normalized spacial score (nSPS) is 10.2. The van der Waals surface area contributed by atoms with Crippen LogP contribution in [-0.4, -0.2) is 24.4 Å². The third-order valence-electron chi connectivity index (χ3n) is 5.49. The van der Waals surface area contributed by atoms with Crippen LogP contribution in [0.3, 0.4) is 0 Å². The van der Waals surface area contributed by atoms with Gasteiger partial charge in [-0.25, -0.2) is 14.4 Å². The molecule has 0 aliphatic heterocycles. The summed E-state index contributed by atoms with van der Waals surface area (Å²) in [6, 6.07) is 15.0. The molecule has 204 valence electrons. The van der Waals surface area contributed by atoms with Crippen molar-refractivity contribution in [2.45, 2.75) is 27.7 Å². The lowest BCUT2D eigenvalue weighted by atomic mass is 9.95. The molecule has 0 heterocycles. The number of ether oxygens (including phenoxy) is 4. The molecule has 0 N–H and O–H groups in total. The first-order chi connectivity index (χ1) is 18.9. The molecule has 0 radical (unpaired) electrons. The Morgan fingerprint density at radius 3 is 1.45 bits per heavy atom. The van der Waals surface area contributed by atoms with Gasteiger partial charge in [0.15, 0.2) is 0 Å². The van der Waals surface area contributed by atoms with Crippen LogP contribution in [0, 0.1) is 6.92 Å². The minimum Gasteiger partial charge on any atom is -0.429 e.